The third kappa shape index (κ3) is 6.24. The molecular weight excluding hydrogens is 225 g/mol. The second kappa shape index (κ2) is 8.51. The van der Waals surface area contributed by atoms with Gasteiger partial charge in [-0.3, -0.25) is 0 Å². The van der Waals surface area contributed by atoms with Gasteiger partial charge in [-0.05, 0) is 44.5 Å². The normalized spacial score (nSPS) is 11.7. The van der Waals surface area contributed by atoms with Crippen LogP contribution in [0.2, 0.25) is 0 Å². The Labute approximate surface area is 110 Å². The van der Waals surface area contributed by atoms with Crippen molar-refractivity contribution in [2.24, 2.45) is 0 Å². The number of hydrogen-bond donors (Lipinski definition) is 1. The highest BCUT2D eigenvalue weighted by Crippen LogP contribution is 2.16. The molecule has 0 aliphatic heterocycles. The second-order valence-corrected chi connectivity index (χ2v) is 4.10. The predicted molar refractivity (Wildman–Crippen MR) is 79.5 cm³/mol. The van der Waals surface area contributed by atoms with Gasteiger partial charge in [0.1, 0.15) is 5.82 Å². The lowest BCUT2D eigenvalue weighted by Crippen LogP contribution is -2.12. The molecule has 0 fully saturated rings. The lowest BCUT2D eigenvalue weighted by Gasteiger charge is -2.13. The number of rotatable bonds is 4. The molecule has 0 aliphatic rings. The van der Waals surface area contributed by atoms with Gasteiger partial charge in [-0.25, -0.2) is 4.39 Å². The van der Waals surface area contributed by atoms with Crippen molar-refractivity contribution >= 4 is 5.69 Å². The van der Waals surface area contributed by atoms with Crippen LogP contribution in [-0.4, -0.2) is 6.04 Å². The lowest BCUT2D eigenvalue weighted by molar-refractivity contribution is 0.626. The number of anilines is 1. The van der Waals surface area contributed by atoms with Gasteiger partial charge in [-0.1, -0.05) is 38.2 Å². The van der Waals surface area contributed by atoms with Gasteiger partial charge in [0.15, 0.2) is 0 Å². The standard InChI is InChI=1S/C14H18FN.C2H6/c1-10(2)5-6-12(4)16-14-8-7-13(15)9-11(14)3;1-2/h5-9,12,16H,1H2,2-4H3;1-2H3/b6-5-;. The first-order chi connectivity index (χ1) is 8.49. The molecule has 0 bridgehead atoms. The van der Waals surface area contributed by atoms with Crippen molar-refractivity contribution in [3.63, 3.8) is 0 Å². The van der Waals surface area contributed by atoms with Crippen molar-refractivity contribution in [3.8, 4) is 0 Å². The summed E-state index contributed by atoms with van der Waals surface area (Å²) in [7, 11) is 0. The maximum Gasteiger partial charge on any atom is 0.123 e. The Hall–Kier alpha value is -1.57. The molecule has 0 saturated heterocycles. The topological polar surface area (TPSA) is 12.0 Å². The largest absolute Gasteiger partial charge is 0.379 e. The molecule has 1 nitrogen and oxygen atoms in total. The van der Waals surface area contributed by atoms with Gasteiger partial charge in [0.2, 0.25) is 0 Å². The number of nitrogens with one attached hydrogen (secondary N) is 1. The zero-order chi connectivity index (χ0) is 14.1. The molecule has 1 N–H and O–H groups in total. The third-order valence-electron chi connectivity index (χ3n) is 2.24. The maximum atomic E-state index is 12.9. The zero-order valence-corrected chi connectivity index (χ0v) is 12.0. The number of benzene rings is 1. The van der Waals surface area contributed by atoms with Gasteiger partial charge in [0, 0.05) is 11.7 Å². The van der Waals surface area contributed by atoms with E-state index in [0.717, 1.165) is 16.8 Å². The van der Waals surface area contributed by atoms with Gasteiger partial charge in [0.25, 0.3) is 0 Å². The summed E-state index contributed by atoms with van der Waals surface area (Å²) in [6.45, 7) is 13.7. The van der Waals surface area contributed by atoms with E-state index in [4.69, 9.17) is 0 Å². The molecule has 0 amide bonds. The minimum absolute atomic E-state index is 0.195. The monoisotopic (exact) mass is 249 g/mol. The van der Waals surface area contributed by atoms with E-state index in [1.165, 1.54) is 12.1 Å². The van der Waals surface area contributed by atoms with Crippen LogP contribution in [0.15, 0.2) is 42.5 Å². The molecule has 0 heterocycles. The Kier molecular flexibility index (Phi) is 7.77. The van der Waals surface area contributed by atoms with Crippen molar-refractivity contribution in [3.05, 3.63) is 53.9 Å². The predicted octanol–water partition coefficient (Wildman–Crippen LogP) is 5.09. The number of allylic oxidation sites excluding steroid dienone is 2. The average molecular weight is 249 g/mol. The summed E-state index contributed by atoms with van der Waals surface area (Å²) >= 11 is 0. The number of aryl methyl sites for hydroxylation is 1. The summed E-state index contributed by atoms with van der Waals surface area (Å²) in [5.41, 5.74) is 2.89. The van der Waals surface area contributed by atoms with Crippen LogP contribution >= 0.6 is 0 Å². The zero-order valence-electron chi connectivity index (χ0n) is 12.0. The molecule has 0 saturated carbocycles. The van der Waals surface area contributed by atoms with E-state index in [1.807, 2.05) is 46.8 Å². The highest BCUT2D eigenvalue weighted by Gasteiger charge is 2.01. The van der Waals surface area contributed by atoms with Crippen molar-refractivity contribution in [2.45, 2.75) is 40.7 Å². The van der Waals surface area contributed by atoms with Gasteiger partial charge >= 0.3 is 0 Å². The van der Waals surface area contributed by atoms with E-state index in [1.54, 1.807) is 6.07 Å². The molecule has 100 valence electrons. The smallest absolute Gasteiger partial charge is 0.123 e. The quantitative estimate of drug-likeness (QED) is 0.733. The lowest BCUT2D eigenvalue weighted by atomic mass is 10.1. The number of hydrogen-bond acceptors (Lipinski definition) is 1. The van der Waals surface area contributed by atoms with Crippen LogP contribution in [-0.2, 0) is 0 Å². The fraction of sp³-hybridized carbons (Fsp3) is 0.375. The molecule has 1 aromatic rings. The van der Waals surface area contributed by atoms with E-state index in [-0.39, 0.29) is 11.9 Å². The molecule has 2 heteroatoms. The second-order valence-electron chi connectivity index (χ2n) is 4.10. The third-order valence-corrected chi connectivity index (χ3v) is 2.24. The van der Waals surface area contributed by atoms with E-state index in [9.17, 15) is 4.39 Å². The fourth-order valence-electron chi connectivity index (χ4n) is 1.39. The molecule has 0 spiro atoms. The summed E-state index contributed by atoms with van der Waals surface area (Å²) in [5, 5.41) is 3.30. The fourth-order valence-corrected chi connectivity index (χ4v) is 1.39. The van der Waals surface area contributed by atoms with Crippen molar-refractivity contribution in [1.29, 1.82) is 0 Å². The summed E-state index contributed by atoms with van der Waals surface area (Å²) < 4.78 is 12.9. The van der Waals surface area contributed by atoms with Gasteiger partial charge in [-0.15, -0.1) is 0 Å². The highest BCUT2D eigenvalue weighted by atomic mass is 19.1. The molecular formula is C16H24FN. The maximum absolute atomic E-state index is 12.9. The molecule has 1 aromatic carbocycles. The minimum Gasteiger partial charge on any atom is -0.379 e. The van der Waals surface area contributed by atoms with E-state index in [2.05, 4.69) is 11.9 Å². The Bertz CT molecular complexity index is 408. The Morgan fingerprint density at radius 2 is 2.00 bits per heavy atom. The molecule has 18 heavy (non-hydrogen) atoms. The van der Waals surface area contributed by atoms with E-state index >= 15 is 0 Å². The Morgan fingerprint density at radius 3 is 2.50 bits per heavy atom. The highest BCUT2D eigenvalue weighted by molar-refractivity contribution is 5.51. The van der Waals surface area contributed by atoms with Crippen LogP contribution in [0.4, 0.5) is 10.1 Å². The van der Waals surface area contributed by atoms with Crippen LogP contribution in [0.5, 0.6) is 0 Å². The van der Waals surface area contributed by atoms with E-state index < -0.39 is 0 Å². The van der Waals surface area contributed by atoms with E-state index in [0.29, 0.717) is 0 Å². The number of halogens is 1. The van der Waals surface area contributed by atoms with Crippen LogP contribution in [0.3, 0.4) is 0 Å². The van der Waals surface area contributed by atoms with Gasteiger partial charge in [0.05, 0.1) is 0 Å². The first-order valence-corrected chi connectivity index (χ1v) is 6.35. The van der Waals surface area contributed by atoms with Crippen molar-refractivity contribution in [2.75, 3.05) is 5.32 Å². The van der Waals surface area contributed by atoms with Crippen molar-refractivity contribution in [1.82, 2.24) is 0 Å². The first-order valence-electron chi connectivity index (χ1n) is 6.35. The summed E-state index contributed by atoms with van der Waals surface area (Å²) in [6.07, 6.45) is 4.00. The molecule has 1 unspecified atom stereocenters. The molecule has 0 aromatic heterocycles. The summed E-state index contributed by atoms with van der Waals surface area (Å²) in [5.74, 6) is -0.201. The minimum atomic E-state index is -0.201. The van der Waals surface area contributed by atoms with Crippen molar-refractivity contribution < 1.29 is 4.39 Å². The molecule has 0 aliphatic carbocycles. The molecule has 1 atom stereocenters. The van der Waals surface area contributed by atoms with Crippen LogP contribution in [0, 0.1) is 12.7 Å². The SMILES string of the molecule is C=C(C)/C=C\C(C)Nc1ccc(F)cc1C.CC. The Morgan fingerprint density at radius 1 is 1.39 bits per heavy atom. The molecule has 1 rings (SSSR count). The van der Waals surface area contributed by atoms with Crippen LogP contribution in [0.1, 0.15) is 33.3 Å². The van der Waals surface area contributed by atoms with Gasteiger partial charge < -0.3 is 5.32 Å². The average Bonchev–Trinajstić information content (AvgIpc) is 2.33. The van der Waals surface area contributed by atoms with Crippen LogP contribution < -0.4 is 5.32 Å². The Balaban J connectivity index is 0.00000137. The van der Waals surface area contributed by atoms with Gasteiger partial charge in [-0.2, -0.15) is 0 Å². The summed E-state index contributed by atoms with van der Waals surface area (Å²) in [4.78, 5) is 0. The molecule has 0 radical (unpaired) electrons. The van der Waals surface area contributed by atoms with Crippen LogP contribution in [0.25, 0.3) is 0 Å². The first kappa shape index (κ1) is 16.4. The summed E-state index contributed by atoms with van der Waals surface area (Å²) in [6, 6.07) is 4.94.